The molecule has 0 unspecified atom stereocenters. The van der Waals surface area contributed by atoms with Gasteiger partial charge in [-0.2, -0.15) is 4.57 Å². The van der Waals surface area contributed by atoms with Crippen LogP contribution in [-0.2, 0) is 0 Å². The zero-order valence-corrected chi connectivity index (χ0v) is 16.9. The van der Waals surface area contributed by atoms with E-state index in [1.807, 2.05) is 79.6 Å². The number of thiazole rings is 1. The molecule has 0 saturated carbocycles. The quantitative estimate of drug-likeness (QED) is 0.344. The van der Waals surface area contributed by atoms with Crippen molar-refractivity contribution in [1.82, 2.24) is 9.97 Å². The van der Waals surface area contributed by atoms with Crippen molar-refractivity contribution < 1.29 is 17.0 Å². The number of H-pyrrole nitrogens is 1. The molecule has 7 heteroatoms. The molecule has 0 bridgehead atoms. The molecule has 1 N–H and O–H groups in total. The molecule has 0 amide bonds. The van der Waals surface area contributed by atoms with E-state index in [1.54, 1.807) is 11.3 Å². The van der Waals surface area contributed by atoms with Crippen LogP contribution in [0, 0.1) is 0 Å². The monoisotopic (exact) mass is 408 g/mol. The first-order chi connectivity index (χ1) is 13.1. The number of benzene rings is 2. The van der Waals surface area contributed by atoms with Crippen molar-refractivity contribution in [1.29, 1.82) is 0 Å². The summed E-state index contributed by atoms with van der Waals surface area (Å²) in [6.07, 6.45) is 3.99. The SMILES string of the molecule is CN(C)c1cc[n+](-c2nc3c(ccc4[nH]c5ccccc5c(=O)c43)s2)cc1.[Cl-]. The number of halogens is 1. The van der Waals surface area contributed by atoms with E-state index in [4.69, 9.17) is 4.98 Å². The van der Waals surface area contributed by atoms with Crippen molar-refractivity contribution in [2.75, 3.05) is 19.0 Å². The minimum atomic E-state index is 0. The Labute approximate surface area is 171 Å². The van der Waals surface area contributed by atoms with Crippen LogP contribution in [0.15, 0.2) is 65.7 Å². The van der Waals surface area contributed by atoms with E-state index in [0.717, 1.165) is 32.1 Å². The Morgan fingerprint density at radius 3 is 2.50 bits per heavy atom. The summed E-state index contributed by atoms with van der Waals surface area (Å²) in [7, 11) is 4.03. The standard InChI is InChI=1S/C21H16N4OS.ClH/c1-24(2)13-9-11-25(12-10-13)21-23-19-17(27-21)8-7-16-18(19)20(26)14-5-3-4-6-15(14)22-16;/h3-12H,1-2H3;1H. The van der Waals surface area contributed by atoms with Crippen LogP contribution in [0.3, 0.4) is 0 Å². The highest BCUT2D eigenvalue weighted by molar-refractivity contribution is 7.20. The first kappa shape index (κ1) is 18.4. The molecule has 2 aromatic carbocycles. The molecule has 28 heavy (non-hydrogen) atoms. The van der Waals surface area contributed by atoms with E-state index in [0.29, 0.717) is 10.8 Å². The molecule has 0 aliphatic carbocycles. The average molecular weight is 409 g/mol. The van der Waals surface area contributed by atoms with Crippen LogP contribution in [0.1, 0.15) is 0 Å². The predicted octanol–water partition coefficient (Wildman–Crippen LogP) is 0.638. The van der Waals surface area contributed by atoms with Gasteiger partial charge in [-0.1, -0.05) is 12.1 Å². The topological polar surface area (TPSA) is 52.9 Å². The number of nitrogens with zero attached hydrogens (tertiary/aromatic N) is 3. The molecule has 0 saturated heterocycles. The van der Waals surface area contributed by atoms with Gasteiger partial charge >= 0.3 is 5.13 Å². The molecular formula is C21H17ClN4OS. The third-order valence-corrected chi connectivity index (χ3v) is 5.80. The summed E-state index contributed by atoms with van der Waals surface area (Å²) in [5, 5.41) is 2.18. The highest BCUT2D eigenvalue weighted by Crippen LogP contribution is 2.28. The maximum absolute atomic E-state index is 13.1. The number of para-hydroxylation sites is 1. The Morgan fingerprint density at radius 2 is 1.75 bits per heavy atom. The highest BCUT2D eigenvalue weighted by atomic mass is 35.5. The van der Waals surface area contributed by atoms with Crippen molar-refractivity contribution in [3.8, 4) is 5.13 Å². The minimum absolute atomic E-state index is 0. The van der Waals surface area contributed by atoms with Gasteiger partial charge in [0.05, 0.1) is 28.0 Å². The van der Waals surface area contributed by atoms with E-state index in [-0.39, 0.29) is 17.8 Å². The van der Waals surface area contributed by atoms with Crippen LogP contribution in [0.5, 0.6) is 0 Å². The minimum Gasteiger partial charge on any atom is -1.00 e. The lowest BCUT2D eigenvalue weighted by atomic mass is 10.1. The molecule has 0 atom stereocenters. The molecule has 0 radical (unpaired) electrons. The fourth-order valence-electron chi connectivity index (χ4n) is 3.34. The molecule has 5 aromatic rings. The number of pyridine rings is 2. The zero-order valence-electron chi connectivity index (χ0n) is 15.3. The van der Waals surface area contributed by atoms with Gasteiger partial charge in [0.15, 0.2) is 0 Å². The fourth-order valence-corrected chi connectivity index (χ4v) is 4.28. The van der Waals surface area contributed by atoms with E-state index in [2.05, 4.69) is 9.88 Å². The van der Waals surface area contributed by atoms with Gasteiger partial charge in [0.2, 0.25) is 10.9 Å². The van der Waals surface area contributed by atoms with Gasteiger partial charge in [-0.05, 0) is 40.6 Å². The van der Waals surface area contributed by atoms with Crippen molar-refractivity contribution >= 4 is 49.0 Å². The van der Waals surface area contributed by atoms with Gasteiger partial charge in [0.1, 0.15) is 0 Å². The number of aromatic nitrogens is 3. The average Bonchev–Trinajstić information content (AvgIpc) is 3.12. The number of fused-ring (bicyclic) bond motifs is 4. The van der Waals surface area contributed by atoms with Crippen LogP contribution in [0.4, 0.5) is 5.69 Å². The van der Waals surface area contributed by atoms with E-state index in [9.17, 15) is 4.79 Å². The van der Waals surface area contributed by atoms with E-state index >= 15 is 0 Å². The second kappa shape index (κ2) is 6.89. The summed E-state index contributed by atoms with van der Waals surface area (Å²) >= 11 is 1.58. The molecule has 0 aliphatic rings. The van der Waals surface area contributed by atoms with Crippen molar-refractivity contribution in [2.24, 2.45) is 0 Å². The molecule has 0 aliphatic heterocycles. The van der Waals surface area contributed by atoms with E-state index in [1.165, 1.54) is 0 Å². The highest BCUT2D eigenvalue weighted by Gasteiger charge is 2.20. The maximum Gasteiger partial charge on any atom is 0.388 e. The lowest BCUT2D eigenvalue weighted by Gasteiger charge is -2.10. The van der Waals surface area contributed by atoms with Gasteiger partial charge in [-0.3, -0.25) is 4.79 Å². The van der Waals surface area contributed by atoms with Gasteiger partial charge < -0.3 is 22.3 Å². The lowest BCUT2D eigenvalue weighted by Crippen LogP contribution is -3.00. The van der Waals surface area contributed by atoms with Crippen molar-refractivity contribution in [3.63, 3.8) is 0 Å². The molecule has 0 fully saturated rings. The second-order valence-corrected chi connectivity index (χ2v) is 7.70. The molecular weight excluding hydrogens is 392 g/mol. The van der Waals surface area contributed by atoms with Crippen LogP contribution in [0.2, 0.25) is 0 Å². The number of aromatic amines is 1. The molecule has 5 rings (SSSR count). The van der Waals surface area contributed by atoms with Gasteiger partial charge in [-0.15, -0.1) is 0 Å². The maximum atomic E-state index is 13.1. The molecule has 3 heterocycles. The smallest absolute Gasteiger partial charge is 0.388 e. The van der Waals surface area contributed by atoms with Crippen LogP contribution < -0.4 is 27.3 Å². The molecule has 0 spiro atoms. The van der Waals surface area contributed by atoms with Crippen molar-refractivity contribution in [3.05, 3.63) is 71.1 Å². The lowest BCUT2D eigenvalue weighted by molar-refractivity contribution is -0.595. The third kappa shape index (κ3) is 2.82. The first-order valence-electron chi connectivity index (χ1n) is 8.65. The van der Waals surface area contributed by atoms with Crippen LogP contribution >= 0.6 is 11.3 Å². The van der Waals surface area contributed by atoms with Crippen LogP contribution in [0.25, 0.3) is 37.2 Å². The number of rotatable bonds is 2. The third-order valence-electron chi connectivity index (χ3n) is 4.77. The first-order valence-corrected chi connectivity index (χ1v) is 9.47. The van der Waals surface area contributed by atoms with E-state index < -0.39 is 0 Å². The molecule has 3 aromatic heterocycles. The summed E-state index contributed by atoms with van der Waals surface area (Å²) in [5.74, 6) is 0. The largest absolute Gasteiger partial charge is 1.00 e. The zero-order chi connectivity index (χ0) is 18.5. The number of anilines is 1. The normalized spacial score (nSPS) is 11.1. The summed E-state index contributed by atoms with van der Waals surface area (Å²) in [5.41, 5.74) is 3.56. The Hall–Kier alpha value is -2.96. The summed E-state index contributed by atoms with van der Waals surface area (Å²) in [6.45, 7) is 0. The number of hydrogen-bond acceptors (Lipinski definition) is 4. The Bertz CT molecular complexity index is 1370. The van der Waals surface area contributed by atoms with Gasteiger partial charge in [0, 0.05) is 42.8 Å². The van der Waals surface area contributed by atoms with Gasteiger partial charge in [0.25, 0.3) is 0 Å². The number of nitrogens with one attached hydrogen (secondary N) is 1. The fraction of sp³-hybridized carbons (Fsp3) is 0.0952. The predicted molar refractivity (Wildman–Crippen MR) is 111 cm³/mol. The Kier molecular flexibility index (Phi) is 4.53. The second-order valence-electron chi connectivity index (χ2n) is 6.69. The van der Waals surface area contributed by atoms with Gasteiger partial charge in [-0.25, -0.2) is 0 Å². The Morgan fingerprint density at radius 1 is 1.00 bits per heavy atom. The Balaban J connectivity index is 0.00000192. The summed E-state index contributed by atoms with van der Waals surface area (Å²) in [4.78, 5) is 23.3. The molecule has 5 nitrogen and oxygen atoms in total. The summed E-state index contributed by atoms with van der Waals surface area (Å²) < 4.78 is 2.99. The number of hydrogen-bond donors (Lipinski definition) is 1. The van der Waals surface area contributed by atoms with Crippen LogP contribution in [-0.4, -0.2) is 24.1 Å². The summed E-state index contributed by atoms with van der Waals surface area (Å²) in [6, 6.07) is 15.7. The van der Waals surface area contributed by atoms with Crippen molar-refractivity contribution in [2.45, 2.75) is 0 Å². The molecule has 140 valence electrons.